The van der Waals surface area contributed by atoms with Crippen LogP contribution in [0.4, 0.5) is 8.78 Å². The van der Waals surface area contributed by atoms with Crippen molar-refractivity contribution in [3.8, 4) is 5.75 Å². The fourth-order valence-electron chi connectivity index (χ4n) is 1.73. The molecular formula is C15H11ClF2O4S. The number of alkyl halides is 2. The van der Waals surface area contributed by atoms with E-state index in [4.69, 9.17) is 16.3 Å². The third-order valence-electron chi connectivity index (χ3n) is 2.94. The standard InChI is InChI=1S/C15H11ClF2O4S/c1-9-2-7-12(16)13(8-9)22-14(19)10-3-5-11(6-4-10)23(20,21)15(17)18/h2-8,15H,1H3. The van der Waals surface area contributed by atoms with Gasteiger partial charge in [-0.15, -0.1) is 0 Å². The van der Waals surface area contributed by atoms with Crippen LogP contribution in [0.15, 0.2) is 47.4 Å². The second-order valence-corrected chi connectivity index (χ2v) is 6.98. The molecule has 0 N–H and O–H groups in total. The molecule has 0 radical (unpaired) electrons. The lowest BCUT2D eigenvalue weighted by molar-refractivity contribution is 0.0734. The zero-order valence-electron chi connectivity index (χ0n) is 11.8. The van der Waals surface area contributed by atoms with Crippen molar-refractivity contribution in [2.24, 2.45) is 0 Å². The topological polar surface area (TPSA) is 60.4 Å². The van der Waals surface area contributed by atoms with Gasteiger partial charge in [0.15, 0.2) is 0 Å². The van der Waals surface area contributed by atoms with E-state index in [-0.39, 0.29) is 16.3 Å². The summed E-state index contributed by atoms with van der Waals surface area (Å²) < 4.78 is 52.6. The van der Waals surface area contributed by atoms with Crippen LogP contribution in [-0.2, 0) is 9.84 Å². The maximum Gasteiger partial charge on any atom is 0.343 e. The monoisotopic (exact) mass is 360 g/mol. The van der Waals surface area contributed by atoms with E-state index in [2.05, 4.69) is 0 Å². The molecule has 0 saturated heterocycles. The first-order valence-corrected chi connectivity index (χ1v) is 8.24. The molecule has 0 amide bonds. The van der Waals surface area contributed by atoms with Crippen LogP contribution in [0, 0.1) is 6.92 Å². The number of ether oxygens (including phenoxy) is 1. The van der Waals surface area contributed by atoms with Crippen molar-refractivity contribution in [3.63, 3.8) is 0 Å². The van der Waals surface area contributed by atoms with Crippen molar-refractivity contribution in [2.45, 2.75) is 17.6 Å². The van der Waals surface area contributed by atoms with Gasteiger partial charge in [-0.25, -0.2) is 13.2 Å². The fraction of sp³-hybridized carbons (Fsp3) is 0.133. The van der Waals surface area contributed by atoms with E-state index in [1.165, 1.54) is 0 Å². The molecule has 8 heteroatoms. The van der Waals surface area contributed by atoms with Gasteiger partial charge in [-0.05, 0) is 48.9 Å². The van der Waals surface area contributed by atoms with E-state index in [0.29, 0.717) is 0 Å². The van der Waals surface area contributed by atoms with Crippen LogP contribution in [-0.4, -0.2) is 20.1 Å². The SMILES string of the molecule is Cc1ccc(Cl)c(OC(=O)c2ccc(S(=O)(=O)C(F)F)cc2)c1. The van der Waals surface area contributed by atoms with Gasteiger partial charge >= 0.3 is 11.7 Å². The minimum absolute atomic E-state index is 0.00999. The number of benzene rings is 2. The number of hydrogen-bond donors (Lipinski definition) is 0. The van der Waals surface area contributed by atoms with Gasteiger partial charge < -0.3 is 4.74 Å². The molecule has 23 heavy (non-hydrogen) atoms. The smallest absolute Gasteiger partial charge is 0.343 e. The van der Waals surface area contributed by atoms with Crippen molar-refractivity contribution in [1.29, 1.82) is 0 Å². The van der Waals surface area contributed by atoms with E-state index in [1.54, 1.807) is 25.1 Å². The van der Waals surface area contributed by atoms with Gasteiger partial charge in [0.25, 0.3) is 0 Å². The molecule has 0 aromatic heterocycles. The Morgan fingerprint density at radius 2 is 1.74 bits per heavy atom. The first kappa shape index (κ1) is 17.4. The zero-order chi connectivity index (χ0) is 17.2. The first-order chi connectivity index (χ1) is 10.7. The highest BCUT2D eigenvalue weighted by atomic mass is 35.5. The number of rotatable bonds is 4. The molecule has 0 saturated carbocycles. The summed E-state index contributed by atoms with van der Waals surface area (Å²) in [5, 5.41) is 0.237. The molecule has 0 atom stereocenters. The molecule has 0 heterocycles. The Morgan fingerprint density at radius 3 is 2.30 bits per heavy atom. The average Bonchev–Trinajstić information content (AvgIpc) is 2.50. The lowest BCUT2D eigenvalue weighted by atomic mass is 10.2. The summed E-state index contributed by atoms with van der Waals surface area (Å²) in [6.07, 6.45) is 0. The van der Waals surface area contributed by atoms with Crippen LogP contribution in [0.5, 0.6) is 5.75 Å². The Bertz CT molecular complexity index is 833. The Balaban J connectivity index is 2.23. The molecule has 0 bridgehead atoms. The molecule has 0 aliphatic rings. The molecule has 2 aromatic rings. The molecule has 0 spiro atoms. The van der Waals surface area contributed by atoms with E-state index < -0.39 is 26.5 Å². The van der Waals surface area contributed by atoms with Crippen LogP contribution in [0.25, 0.3) is 0 Å². The summed E-state index contributed by atoms with van der Waals surface area (Å²) in [6, 6.07) is 8.92. The third kappa shape index (κ3) is 3.86. The fourth-order valence-corrected chi connectivity index (χ4v) is 2.61. The minimum atomic E-state index is -4.70. The van der Waals surface area contributed by atoms with Crippen LogP contribution in [0.1, 0.15) is 15.9 Å². The number of aryl methyl sites for hydroxylation is 1. The van der Waals surface area contributed by atoms with Gasteiger partial charge in [-0.3, -0.25) is 0 Å². The number of carbonyl (C=O) groups is 1. The van der Waals surface area contributed by atoms with Crippen LogP contribution >= 0.6 is 11.6 Å². The van der Waals surface area contributed by atoms with Crippen LogP contribution < -0.4 is 4.74 Å². The summed E-state index contributed by atoms with van der Waals surface area (Å²) in [6.45, 7) is 1.79. The number of hydrogen-bond acceptors (Lipinski definition) is 4. The number of sulfone groups is 1. The van der Waals surface area contributed by atoms with E-state index >= 15 is 0 Å². The van der Waals surface area contributed by atoms with Crippen molar-refractivity contribution >= 4 is 27.4 Å². The second kappa shape index (κ2) is 6.64. The van der Waals surface area contributed by atoms with Gasteiger partial charge in [-0.1, -0.05) is 17.7 Å². The molecule has 4 nitrogen and oxygen atoms in total. The van der Waals surface area contributed by atoms with E-state index in [1.807, 2.05) is 0 Å². The van der Waals surface area contributed by atoms with E-state index in [9.17, 15) is 22.0 Å². The molecule has 2 rings (SSSR count). The summed E-state index contributed by atoms with van der Waals surface area (Å²) >= 11 is 5.91. The van der Waals surface area contributed by atoms with Crippen molar-refractivity contribution in [2.75, 3.05) is 0 Å². The number of carbonyl (C=O) groups excluding carboxylic acids is 1. The Kier molecular flexibility index (Phi) is 5.01. The van der Waals surface area contributed by atoms with E-state index in [0.717, 1.165) is 29.8 Å². The quantitative estimate of drug-likeness (QED) is 0.613. The second-order valence-electron chi connectivity index (χ2n) is 4.65. The largest absolute Gasteiger partial charge is 0.421 e. The predicted octanol–water partition coefficient (Wildman–Crippen LogP) is 3.86. The summed E-state index contributed by atoms with van der Waals surface area (Å²) in [7, 11) is -4.70. The average molecular weight is 361 g/mol. The highest BCUT2D eigenvalue weighted by Crippen LogP contribution is 2.26. The lowest BCUT2D eigenvalue weighted by Crippen LogP contribution is -2.13. The van der Waals surface area contributed by atoms with Gasteiger partial charge in [0.1, 0.15) is 5.75 Å². The van der Waals surface area contributed by atoms with Gasteiger partial charge in [0, 0.05) is 0 Å². The normalized spacial score (nSPS) is 11.5. The number of halogens is 3. The summed E-state index contributed by atoms with van der Waals surface area (Å²) in [5.41, 5.74) is 0.839. The highest BCUT2D eigenvalue weighted by Gasteiger charge is 2.26. The third-order valence-corrected chi connectivity index (χ3v) is 4.65. The van der Waals surface area contributed by atoms with Gasteiger partial charge in [0.05, 0.1) is 15.5 Å². The summed E-state index contributed by atoms with van der Waals surface area (Å²) in [4.78, 5) is 11.4. The lowest BCUT2D eigenvalue weighted by Gasteiger charge is -2.08. The first-order valence-electron chi connectivity index (χ1n) is 6.32. The molecule has 0 aliphatic carbocycles. The zero-order valence-corrected chi connectivity index (χ0v) is 13.4. The molecular weight excluding hydrogens is 350 g/mol. The maximum absolute atomic E-state index is 12.4. The predicted molar refractivity (Wildman–Crippen MR) is 80.8 cm³/mol. The molecule has 122 valence electrons. The number of esters is 1. The molecule has 0 fully saturated rings. The Morgan fingerprint density at radius 1 is 1.13 bits per heavy atom. The molecule has 2 aromatic carbocycles. The molecule has 0 unspecified atom stereocenters. The Hall–Kier alpha value is -1.99. The van der Waals surface area contributed by atoms with Crippen molar-refractivity contribution in [1.82, 2.24) is 0 Å². The van der Waals surface area contributed by atoms with Crippen molar-refractivity contribution in [3.05, 3.63) is 58.6 Å². The van der Waals surface area contributed by atoms with Gasteiger partial charge in [-0.2, -0.15) is 8.78 Å². The summed E-state index contributed by atoms with van der Waals surface area (Å²) in [5.74, 6) is -4.15. The molecule has 0 aliphatic heterocycles. The van der Waals surface area contributed by atoms with Crippen molar-refractivity contribution < 1.29 is 26.7 Å². The minimum Gasteiger partial charge on any atom is -0.421 e. The van der Waals surface area contributed by atoms with Gasteiger partial charge in [0.2, 0.25) is 9.84 Å². The maximum atomic E-state index is 12.4. The van der Waals surface area contributed by atoms with Crippen LogP contribution in [0.3, 0.4) is 0 Å². The highest BCUT2D eigenvalue weighted by molar-refractivity contribution is 7.91. The Labute approximate surface area is 136 Å². The van der Waals surface area contributed by atoms with Crippen LogP contribution in [0.2, 0.25) is 5.02 Å².